The van der Waals surface area contributed by atoms with Crippen LogP contribution >= 0.6 is 11.8 Å². The van der Waals surface area contributed by atoms with Gasteiger partial charge >= 0.3 is 0 Å². The molecule has 1 aromatic heterocycles. The van der Waals surface area contributed by atoms with Gasteiger partial charge in [0.25, 0.3) is 0 Å². The Morgan fingerprint density at radius 2 is 2.08 bits per heavy atom. The Morgan fingerprint density at radius 3 is 2.77 bits per heavy atom. The normalized spacial score (nSPS) is 17.2. The second-order valence-corrected chi connectivity index (χ2v) is 7.28. The van der Waals surface area contributed by atoms with Gasteiger partial charge in [-0.3, -0.25) is 14.6 Å². The Morgan fingerprint density at radius 1 is 1.27 bits per heavy atom. The van der Waals surface area contributed by atoms with Crippen molar-refractivity contribution in [3.05, 3.63) is 59.9 Å². The Bertz CT molecular complexity index is 749. The fourth-order valence-electron chi connectivity index (χ4n) is 3.05. The summed E-state index contributed by atoms with van der Waals surface area (Å²) in [4.78, 5) is 31.9. The van der Waals surface area contributed by atoms with Gasteiger partial charge in [-0.1, -0.05) is 18.2 Å². The second kappa shape index (κ2) is 8.85. The van der Waals surface area contributed by atoms with Gasteiger partial charge in [-0.25, -0.2) is 0 Å². The highest BCUT2D eigenvalue weighted by Gasteiger charge is 2.30. The molecular formula is C20H23N3O2S. The van der Waals surface area contributed by atoms with E-state index in [0.717, 1.165) is 11.3 Å². The molecule has 1 saturated heterocycles. The summed E-state index contributed by atoms with van der Waals surface area (Å²) >= 11 is 1.70. The Hall–Kier alpha value is -2.34. The maximum absolute atomic E-state index is 12.5. The minimum atomic E-state index is -0.165. The van der Waals surface area contributed by atoms with E-state index in [-0.39, 0.29) is 17.7 Å². The molecule has 1 atom stereocenters. The molecule has 2 aromatic rings. The molecule has 2 heterocycles. The molecule has 1 aliphatic heterocycles. The van der Waals surface area contributed by atoms with Gasteiger partial charge in [0.05, 0.1) is 18.2 Å². The van der Waals surface area contributed by atoms with E-state index < -0.39 is 0 Å². The molecule has 1 N–H and O–H groups in total. The summed E-state index contributed by atoms with van der Waals surface area (Å²) in [6.45, 7) is 1.42. The van der Waals surface area contributed by atoms with Crippen LogP contribution in [-0.2, 0) is 22.7 Å². The predicted octanol–water partition coefficient (Wildman–Crippen LogP) is 2.86. The maximum atomic E-state index is 12.5. The monoisotopic (exact) mass is 369 g/mol. The quantitative estimate of drug-likeness (QED) is 0.796. The number of rotatable bonds is 6. The summed E-state index contributed by atoms with van der Waals surface area (Å²) in [5, 5.41) is 3.01. The first-order valence-electron chi connectivity index (χ1n) is 8.74. The van der Waals surface area contributed by atoms with E-state index in [2.05, 4.69) is 22.4 Å². The molecule has 136 valence electrons. The van der Waals surface area contributed by atoms with Gasteiger partial charge < -0.3 is 10.2 Å². The molecule has 2 amide bonds. The summed E-state index contributed by atoms with van der Waals surface area (Å²) in [6, 6.07) is 13.8. The molecule has 0 unspecified atom stereocenters. The molecular weight excluding hydrogens is 346 g/mol. The van der Waals surface area contributed by atoms with Gasteiger partial charge in [0.1, 0.15) is 0 Å². The van der Waals surface area contributed by atoms with Crippen LogP contribution in [0.1, 0.15) is 24.1 Å². The van der Waals surface area contributed by atoms with Crippen LogP contribution in [0.15, 0.2) is 53.6 Å². The van der Waals surface area contributed by atoms with E-state index >= 15 is 0 Å². The van der Waals surface area contributed by atoms with Crippen LogP contribution in [0.25, 0.3) is 0 Å². The molecule has 1 aromatic carbocycles. The summed E-state index contributed by atoms with van der Waals surface area (Å²) in [6.07, 6.45) is 4.77. The molecule has 1 aliphatic rings. The average Bonchev–Trinajstić information content (AvgIpc) is 2.69. The molecule has 5 nitrogen and oxygen atoms in total. The van der Waals surface area contributed by atoms with E-state index in [1.54, 1.807) is 22.9 Å². The molecule has 3 rings (SSSR count). The van der Waals surface area contributed by atoms with Crippen molar-refractivity contribution < 1.29 is 9.59 Å². The lowest BCUT2D eigenvalue weighted by atomic mass is 9.96. The van der Waals surface area contributed by atoms with Crippen LogP contribution in [0.3, 0.4) is 0 Å². The summed E-state index contributed by atoms with van der Waals surface area (Å²) < 4.78 is 0. The van der Waals surface area contributed by atoms with Crippen LogP contribution < -0.4 is 5.32 Å². The number of piperidine rings is 1. The first-order valence-corrected chi connectivity index (χ1v) is 9.96. The Kier molecular flexibility index (Phi) is 6.28. The van der Waals surface area contributed by atoms with Crippen molar-refractivity contribution >= 4 is 23.6 Å². The highest BCUT2D eigenvalue weighted by Crippen LogP contribution is 2.20. The van der Waals surface area contributed by atoms with Crippen LogP contribution in [-0.4, -0.2) is 34.5 Å². The highest BCUT2D eigenvalue weighted by molar-refractivity contribution is 7.98. The summed E-state index contributed by atoms with van der Waals surface area (Å²) in [5.74, 6) is -0.0632. The zero-order valence-electron chi connectivity index (χ0n) is 14.9. The highest BCUT2D eigenvalue weighted by atomic mass is 32.2. The molecule has 26 heavy (non-hydrogen) atoms. The molecule has 0 spiro atoms. The molecule has 0 bridgehead atoms. The van der Waals surface area contributed by atoms with Crippen LogP contribution in [0.2, 0.25) is 0 Å². The fourth-order valence-corrected chi connectivity index (χ4v) is 3.45. The number of amides is 2. The third kappa shape index (κ3) is 4.85. The number of carbonyl (C=O) groups excluding carboxylic acids is 2. The number of hydrogen-bond acceptors (Lipinski definition) is 4. The van der Waals surface area contributed by atoms with Crippen LogP contribution in [0.4, 0.5) is 0 Å². The number of nitrogens with one attached hydrogen (secondary N) is 1. The summed E-state index contributed by atoms with van der Waals surface area (Å²) in [7, 11) is 0. The lowest BCUT2D eigenvalue weighted by molar-refractivity contribution is -0.139. The summed E-state index contributed by atoms with van der Waals surface area (Å²) in [5.41, 5.74) is 1.92. The SMILES string of the molecule is CSc1ccc(CNC(=O)[C@H]2CCC(=O)N(Cc3ccccn3)C2)cc1. The first kappa shape index (κ1) is 18.5. The molecule has 0 radical (unpaired) electrons. The van der Waals surface area contributed by atoms with Gasteiger partial charge in [0.15, 0.2) is 0 Å². The third-order valence-electron chi connectivity index (χ3n) is 4.58. The van der Waals surface area contributed by atoms with Gasteiger partial charge in [0, 0.05) is 30.6 Å². The van der Waals surface area contributed by atoms with Crippen molar-refractivity contribution in [3.63, 3.8) is 0 Å². The van der Waals surface area contributed by atoms with Gasteiger partial charge in [-0.15, -0.1) is 11.8 Å². The number of benzene rings is 1. The van der Waals surface area contributed by atoms with E-state index in [4.69, 9.17) is 0 Å². The van der Waals surface area contributed by atoms with Crippen LogP contribution in [0, 0.1) is 5.92 Å². The average molecular weight is 369 g/mol. The lowest BCUT2D eigenvalue weighted by Crippen LogP contribution is -2.45. The Balaban J connectivity index is 1.54. The smallest absolute Gasteiger partial charge is 0.225 e. The largest absolute Gasteiger partial charge is 0.352 e. The van der Waals surface area contributed by atoms with Gasteiger partial charge in [0.2, 0.25) is 11.8 Å². The van der Waals surface area contributed by atoms with Crippen molar-refractivity contribution in [1.82, 2.24) is 15.2 Å². The van der Waals surface area contributed by atoms with Gasteiger partial charge in [-0.2, -0.15) is 0 Å². The lowest BCUT2D eigenvalue weighted by Gasteiger charge is -2.31. The van der Waals surface area contributed by atoms with E-state index in [0.29, 0.717) is 32.5 Å². The molecule has 6 heteroatoms. The fraction of sp³-hybridized carbons (Fsp3) is 0.350. The number of thioether (sulfide) groups is 1. The maximum Gasteiger partial charge on any atom is 0.225 e. The van der Waals surface area contributed by atoms with E-state index in [1.165, 1.54) is 4.90 Å². The van der Waals surface area contributed by atoms with E-state index in [1.807, 2.05) is 36.6 Å². The van der Waals surface area contributed by atoms with Crippen molar-refractivity contribution in [2.75, 3.05) is 12.8 Å². The van der Waals surface area contributed by atoms with E-state index in [9.17, 15) is 9.59 Å². The van der Waals surface area contributed by atoms with Crippen molar-refractivity contribution in [2.45, 2.75) is 30.8 Å². The molecule has 0 aliphatic carbocycles. The van der Waals surface area contributed by atoms with Crippen molar-refractivity contribution in [1.29, 1.82) is 0 Å². The number of carbonyl (C=O) groups is 2. The second-order valence-electron chi connectivity index (χ2n) is 6.40. The topological polar surface area (TPSA) is 62.3 Å². The zero-order chi connectivity index (χ0) is 18.4. The zero-order valence-corrected chi connectivity index (χ0v) is 15.7. The minimum Gasteiger partial charge on any atom is -0.352 e. The van der Waals surface area contributed by atoms with Crippen molar-refractivity contribution in [2.24, 2.45) is 5.92 Å². The number of pyridine rings is 1. The van der Waals surface area contributed by atoms with Crippen molar-refractivity contribution in [3.8, 4) is 0 Å². The van der Waals surface area contributed by atoms with Crippen LogP contribution in [0.5, 0.6) is 0 Å². The standard InChI is InChI=1S/C20H23N3O2S/c1-26-18-8-5-15(6-9-18)12-22-20(25)16-7-10-19(24)23(13-16)14-17-4-2-3-11-21-17/h2-6,8-9,11,16H,7,10,12-14H2,1H3,(H,22,25)/t16-/m0/s1. The number of nitrogens with zero attached hydrogens (tertiary/aromatic N) is 2. The molecule has 0 saturated carbocycles. The van der Waals surface area contributed by atoms with Gasteiger partial charge in [-0.05, 0) is 42.5 Å². The Labute approximate surface area is 158 Å². The number of likely N-dealkylation sites (tertiary alicyclic amines) is 1. The minimum absolute atomic E-state index is 0.0115. The number of hydrogen-bond donors (Lipinski definition) is 1. The predicted molar refractivity (Wildman–Crippen MR) is 102 cm³/mol. The third-order valence-corrected chi connectivity index (χ3v) is 5.32. The number of aromatic nitrogens is 1. The first-order chi connectivity index (χ1) is 12.7. The molecule has 1 fully saturated rings.